The Morgan fingerprint density at radius 1 is 1.43 bits per heavy atom. The molecule has 3 rings (SSSR count). The van der Waals surface area contributed by atoms with Crippen LogP contribution in [0.4, 0.5) is 5.82 Å². The molecule has 0 aromatic carbocycles. The van der Waals surface area contributed by atoms with Crippen LogP contribution in [-0.4, -0.2) is 24.6 Å². The van der Waals surface area contributed by atoms with Gasteiger partial charge in [0.15, 0.2) is 5.65 Å². The summed E-state index contributed by atoms with van der Waals surface area (Å²) in [5, 5.41) is 9.61. The highest BCUT2D eigenvalue weighted by molar-refractivity contribution is 5.49. The Morgan fingerprint density at radius 2 is 2.29 bits per heavy atom. The standard InChI is InChI=1S/C14H16N6O/c1-3-10-5-4-6-15-11(10)8-16-12-7-13-18-19-14(21)20(13)9(2)17-12/h4-7,16H,3,8H2,1-2H3,(H,19,21). The van der Waals surface area contributed by atoms with Crippen molar-refractivity contribution >= 4 is 11.5 Å². The number of nitrogens with zero attached hydrogens (tertiary/aromatic N) is 4. The average Bonchev–Trinajstić information content (AvgIpc) is 2.87. The fourth-order valence-corrected chi connectivity index (χ4v) is 2.31. The third-order valence-electron chi connectivity index (χ3n) is 3.37. The number of aryl methyl sites for hydroxylation is 2. The minimum Gasteiger partial charge on any atom is -0.364 e. The summed E-state index contributed by atoms with van der Waals surface area (Å²) in [6, 6.07) is 5.74. The molecule has 2 N–H and O–H groups in total. The molecule has 0 atom stereocenters. The van der Waals surface area contributed by atoms with Gasteiger partial charge in [-0.3, -0.25) is 4.98 Å². The summed E-state index contributed by atoms with van der Waals surface area (Å²) >= 11 is 0. The van der Waals surface area contributed by atoms with Gasteiger partial charge in [-0.1, -0.05) is 13.0 Å². The highest BCUT2D eigenvalue weighted by atomic mass is 16.1. The summed E-state index contributed by atoms with van der Waals surface area (Å²) in [7, 11) is 0. The first kappa shape index (κ1) is 13.3. The first-order valence-electron chi connectivity index (χ1n) is 6.80. The lowest BCUT2D eigenvalue weighted by atomic mass is 10.1. The highest BCUT2D eigenvalue weighted by Crippen LogP contribution is 2.11. The molecule has 0 bridgehead atoms. The number of nitrogens with one attached hydrogen (secondary N) is 2. The minimum atomic E-state index is -0.278. The van der Waals surface area contributed by atoms with Gasteiger partial charge in [-0.25, -0.2) is 19.3 Å². The second-order valence-corrected chi connectivity index (χ2v) is 4.73. The molecule has 0 radical (unpaired) electrons. The van der Waals surface area contributed by atoms with E-state index in [4.69, 9.17) is 0 Å². The van der Waals surface area contributed by atoms with Crippen LogP contribution in [0.15, 0.2) is 29.2 Å². The van der Waals surface area contributed by atoms with E-state index < -0.39 is 0 Å². The molecular weight excluding hydrogens is 268 g/mol. The van der Waals surface area contributed by atoms with Gasteiger partial charge < -0.3 is 5.32 Å². The van der Waals surface area contributed by atoms with Gasteiger partial charge in [-0.05, 0) is 25.0 Å². The molecule has 0 amide bonds. The number of pyridine rings is 1. The maximum atomic E-state index is 11.5. The van der Waals surface area contributed by atoms with Crippen LogP contribution in [0.5, 0.6) is 0 Å². The third kappa shape index (κ3) is 2.49. The Balaban J connectivity index is 1.87. The number of hydrogen-bond acceptors (Lipinski definition) is 5. The molecule has 108 valence electrons. The Hall–Kier alpha value is -2.70. The molecule has 7 heteroatoms. The van der Waals surface area contributed by atoms with Gasteiger partial charge in [0.05, 0.1) is 12.2 Å². The molecule has 0 fully saturated rings. The number of anilines is 1. The molecule has 3 aromatic heterocycles. The number of fused-ring (bicyclic) bond motifs is 1. The SMILES string of the molecule is CCc1cccnc1CNc1cc2n[nH]c(=O)n2c(C)n1. The molecule has 0 aliphatic rings. The Morgan fingerprint density at radius 3 is 3.10 bits per heavy atom. The summed E-state index contributed by atoms with van der Waals surface area (Å²) in [5.41, 5.74) is 2.48. The van der Waals surface area contributed by atoms with Crippen molar-refractivity contribution in [2.75, 3.05) is 5.32 Å². The van der Waals surface area contributed by atoms with Crippen molar-refractivity contribution in [1.82, 2.24) is 24.6 Å². The van der Waals surface area contributed by atoms with E-state index >= 15 is 0 Å². The molecule has 21 heavy (non-hydrogen) atoms. The van der Waals surface area contributed by atoms with Crippen molar-refractivity contribution in [3.8, 4) is 0 Å². The van der Waals surface area contributed by atoms with E-state index in [-0.39, 0.29) is 5.69 Å². The van der Waals surface area contributed by atoms with Crippen LogP contribution in [0.3, 0.4) is 0 Å². The molecule has 3 aromatic rings. The van der Waals surface area contributed by atoms with Gasteiger partial charge >= 0.3 is 5.69 Å². The Labute approximate surface area is 121 Å². The Bertz CT molecular complexity index is 835. The lowest BCUT2D eigenvalue weighted by molar-refractivity contribution is 0.920. The first-order chi connectivity index (χ1) is 10.2. The zero-order valence-electron chi connectivity index (χ0n) is 11.9. The summed E-state index contributed by atoms with van der Waals surface area (Å²) < 4.78 is 1.43. The zero-order valence-corrected chi connectivity index (χ0v) is 11.9. The molecule has 0 spiro atoms. The second-order valence-electron chi connectivity index (χ2n) is 4.73. The average molecular weight is 284 g/mol. The number of hydrogen-bond donors (Lipinski definition) is 2. The van der Waals surface area contributed by atoms with Gasteiger partial charge in [-0.2, -0.15) is 5.10 Å². The lowest BCUT2D eigenvalue weighted by Gasteiger charge is -2.09. The summed E-state index contributed by atoms with van der Waals surface area (Å²) in [4.78, 5) is 20.3. The van der Waals surface area contributed by atoms with E-state index in [0.717, 1.165) is 12.1 Å². The van der Waals surface area contributed by atoms with Crippen LogP contribution >= 0.6 is 0 Å². The number of H-pyrrole nitrogens is 1. The lowest BCUT2D eigenvalue weighted by Crippen LogP contribution is -2.14. The number of rotatable bonds is 4. The Kier molecular flexibility index (Phi) is 3.39. The second kappa shape index (κ2) is 5.35. The fourth-order valence-electron chi connectivity index (χ4n) is 2.31. The van der Waals surface area contributed by atoms with Crippen LogP contribution < -0.4 is 11.0 Å². The van der Waals surface area contributed by atoms with E-state index in [0.29, 0.717) is 23.8 Å². The fraction of sp³-hybridized carbons (Fsp3) is 0.286. The van der Waals surface area contributed by atoms with E-state index in [9.17, 15) is 4.79 Å². The summed E-state index contributed by atoms with van der Waals surface area (Å²) in [6.07, 6.45) is 2.72. The molecule has 0 saturated heterocycles. The van der Waals surface area contributed by atoms with Gasteiger partial charge in [-0.15, -0.1) is 0 Å². The molecular formula is C14H16N6O. The highest BCUT2D eigenvalue weighted by Gasteiger charge is 2.07. The van der Waals surface area contributed by atoms with Gasteiger partial charge in [0, 0.05) is 12.3 Å². The van der Waals surface area contributed by atoms with E-state index in [1.165, 1.54) is 9.96 Å². The van der Waals surface area contributed by atoms with Gasteiger partial charge in [0.25, 0.3) is 0 Å². The quantitative estimate of drug-likeness (QED) is 0.754. The van der Waals surface area contributed by atoms with Crippen LogP contribution in [0.25, 0.3) is 5.65 Å². The monoisotopic (exact) mass is 284 g/mol. The van der Waals surface area contributed by atoms with Crippen LogP contribution in [-0.2, 0) is 13.0 Å². The van der Waals surface area contributed by atoms with Crippen molar-refractivity contribution < 1.29 is 0 Å². The molecule has 3 heterocycles. The van der Waals surface area contributed by atoms with E-state index in [2.05, 4.69) is 38.5 Å². The molecule has 0 aliphatic heterocycles. The van der Waals surface area contributed by atoms with Crippen molar-refractivity contribution in [3.05, 3.63) is 52.0 Å². The zero-order chi connectivity index (χ0) is 14.8. The van der Waals surface area contributed by atoms with Crippen LogP contribution in [0, 0.1) is 6.92 Å². The molecule has 0 saturated carbocycles. The van der Waals surface area contributed by atoms with Crippen molar-refractivity contribution in [1.29, 1.82) is 0 Å². The minimum absolute atomic E-state index is 0.278. The van der Waals surface area contributed by atoms with Gasteiger partial charge in [0.1, 0.15) is 11.6 Å². The maximum absolute atomic E-state index is 11.5. The largest absolute Gasteiger partial charge is 0.364 e. The predicted octanol–water partition coefficient (Wildman–Crippen LogP) is 1.30. The van der Waals surface area contributed by atoms with Crippen molar-refractivity contribution in [3.63, 3.8) is 0 Å². The van der Waals surface area contributed by atoms with Crippen LogP contribution in [0.1, 0.15) is 24.0 Å². The molecule has 7 nitrogen and oxygen atoms in total. The van der Waals surface area contributed by atoms with Crippen molar-refractivity contribution in [2.24, 2.45) is 0 Å². The topological polar surface area (TPSA) is 88.0 Å². The number of aromatic nitrogens is 5. The smallest absolute Gasteiger partial charge is 0.349 e. The first-order valence-corrected chi connectivity index (χ1v) is 6.80. The van der Waals surface area contributed by atoms with E-state index in [1.807, 2.05) is 6.07 Å². The normalized spacial score (nSPS) is 11.0. The molecule has 0 unspecified atom stereocenters. The number of aromatic amines is 1. The van der Waals surface area contributed by atoms with Crippen molar-refractivity contribution in [2.45, 2.75) is 26.8 Å². The third-order valence-corrected chi connectivity index (χ3v) is 3.37. The van der Waals surface area contributed by atoms with Gasteiger partial charge in [0.2, 0.25) is 0 Å². The van der Waals surface area contributed by atoms with E-state index in [1.54, 1.807) is 19.2 Å². The summed E-state index contributed by atoms with van der Waals surface area (Å²) in [6.45, 7) is 4.46. The molecule has 0 aliphatic carbocycles. The van der Waals surface area contributed by atoms with Crippen LogP contribution in [0.2, 0.25) is 0 Å². The predicted molar refractivity (Wildman–Crippen MR) is 79.3 cm³/mol. The summed E-state index contributed by atoms with van der Waals surface area (Å²) in [5.74, 6) is 1.26. The maximum Gasteiger partial charge on any atom is 0.349 e.